The van der Waals surface area contributed by atoms with E-state index in [1.54, 1.807) is 36.0 Å². The number of aromatic nitrogens is 1. The molecule has 1 aromatic carbocycles. The van der Waals surface area contributed by atoms with Gasteiger partial charge in [0.15, 0.2) is 6.10 Å². The molecule has 0 saturated carbocycles. The Hall–Kier alpha value is -2.63. The van der Waals surface area contributed by atoms with Crippen molar-refractivity contribution in [3.63, 3.8) is 0 Å². The van der Waals surface area contributed by atoms with Crippen LogP contribution in [-0.2, 0) is 16.6 Å². The zero-order valence-electron chi connectivity index (χ0n) is 11.7. The first kappa shape index (κ1) is 14.8. The molecule has 1 heterocycles. The highest BCUT2D eigenvalue weighted by atomic mass is 19.1. The number of halogens is 1. The number of nitrogens with one attached hydrogen (secondary N) is 1. The predicted molar refractivity (Wildman–Crippen MR) is 75.3 cm³/mol. The lowest BCUT2D eigenvalue weighted by Crippen LogP contribution is -2.30. The van der Waals surface area contributed by atoms with Crippen molar-refractivity contribution >= 4 is 17.6 Å². The van der Waals surface area contributed by atoms with Crippen LogP contribution in [0.2, 0.25) is 0 Å². The van der Waals surface area contributed by atoms with Gasteiger partial charge in [0.2, 0.25) is 0 Å². The fourth-order valence-electron chi connectivity index (χ4n) is 1.74. The Morgan fingerprint density at radius 2 is 1.95 bits per heavy atom. The lowest BCUT2D eigenvalue weighted by atomic mass is 10.3. The van der Waals surface area contributed by atoms with Gasteiger partial charge in [-0.05, 0) is 31.2 Å². The van der Waals surface area contributed by atoms with E-state index in [1.165, 1.54) is 25.1 Å². The van der Waals surface area contributed by atoms with Gasteiger partial charge in [-0.3, -0.25) is 4.79 Å². The number of ether oxygens (including phenoxy) is 1. The molecule has 110 valence electrons. The first-order valence-electron chi connectivity index (χ1n) is 6.36. The minimum absolute atomic E-state index is 0.0456. The van der Waals surface area contributed by atoms with Gasteiger partial charge in [0.1, 0.15) is 11.5 Å². The normalized spacial score (nSPS) is 11.8. The van der Waals surface area contributed by atoms with Crippen molar-refractivity contribution < 1.29 is 18.7 Å². The number of benzene rings is 1. The number of amides is 1. The number of hydrogen-bond acceptors (Lipinski definition) is 3. The zero-order chi connectivity index (χ0) is 15.4. The fraction of sp³-hybridized carbons (Fsp3) is 0.200. The van der Waals surface area contributed by atoms with Crippen molar-refractivity contribution in [2.75, 3.05) is 5.32 Å². The molecular weight excluding hydrogens is 275 g/mol. The second-order valence-corrected chi connectivity index (χ2v) is 4.52. The number of carbonyl (C=O) groups excluding carboxylic acids is 2. The summed E-state index contributed by atoms with van der Waals surface area (Å²) in [4.78, 5) is 23.8. The average molecular weight is 290 g/mol. The van der Waals surface area contributed by atoms with E-state index in [0.29, 0.717) is 5.69 Å². The van der Waals surface area contributed by atoms with Crippen molar-refractivity contribution in [2.45, 2.75) is 13.0 Å². The summed E-state index contributed by atoms with van der Waals surface area (Å²) >= 11 is 0. The maximum absolute atomic E-state index is 13.4. The number of anilines is 1. The van der Waals surface area contributed by atoms with Crippen LogP contribution in [0.5, 0.6) is 0 Å². The number of rotatable bonds is 4. The lowest BCUT2D eigenvalue weighted by Gasteiger charge is -2.14. The van der Waals surface area contributed by atoms with Gasteiger partial charge >= 0.3 is 5.97 Å². The molecule has 0 aliphatic heterocycles. The van der Waals surface area contributed by atoms with Crippen molar-refractivity contribution in [1.29, 1.82) is 0 Å². The summed E-state index contributed by atoms with van der Waals surface area (Å²) in [5.41, 5.74) is 0.379. The molecule has 2 rings (SSSR count). The zero-order valence-corrected chi connectivity index (χ0v) is 11.7. The van der Waals surface area contributed by atoms with Crippen LogP contribution < -0.4 is 5.32 Å². The lowest BCUT2D eigenvalue weighted by molar-refractivity contribution is -0.123. The van der Waals surface area contributed by atoms with Crippen molar-refractivity contribution in [2.24, 2.45) is 7.05 Å². The minimum Gasteiger partial charge on any atom is -0.448 e. The molecule has 6 heteroatoms. The Kier molecular flexibility index (Phi) is 4.37. The molecule has 0 radical (unpaired) electrons. The third kappa shape index (κ3) is 3.47. The molecule has 0 spiro atoms. The largest absolute Gasteiger partial charge is 0.448 e. The van der Waals surface area contributed by atoms with Crippen LogP contribution >= 0.6 is 0 Å². The summed E-state index contributed by atoms with van der Waals surface area (Å²) in [6.07, 6.45) is 0.660. The van der Waals surface area contributed by atoms with Crippen LogP contribution in [0.3, 0.4) is 0 Å². The molecular formula is C15H15FN2O3. The fourth-order valence-corrected chi connectivity index (χ4v) is 1.74. The quantitative estimate of drug-likeness (QED) is 0.879. The van der Waals surface area contributed by atoms with Gasteiger partial charge in [-0.25, -0.2) is 9.18 Å². The Balaban J connectivity index is 1.99. The van der Waals surface area contributed by atoms with Gasteiger partial charge in [0.05, 0.1) is 5.69 Å². The number of carbonyl (C=O) groups is 2. The molecule has 0 bridgehead atoms. The topological polar surface area (TPSA) is 60.3 Å². The Morgan fingerprint density at radius 1 is 1.24 bits per heavy atom. The van der Waals surface area contributed by atoms with E-state index in [-0.39, 0.29) is 5.69 Å². The standard InChI is InChI=1S/C15H15FN2O3/c1-10(21-15(20)13-8-5-9-18(13)2)14(19)17-12-7-4-3-6-11(12)16/h3-10H,1-2H3,(H,17,19)/t10-/m1/s1. The third-order valence-corrected chi connectivity index (χ3v) is 2.94. The smallest absolute Gasteiger partial charge is 0.355 e. The number of aryl methyl sites for hydroxylation is 1. The molecule has 2 aromatic rings. The van der Waals surface area contributed by atoms with E-state index in [4.69, 9.17) is 4.74 Å². The van der Waals surface area contributed by atoms with E-state index in [9.17, 15) is 14.0 Å². The molecule has 21 heavy (non-hydrogen) atoms. The van der Waals surface area contributed by atoms with Crippen LogP contribution in [0.4, 0.5) is 10.1 Å². The van der Waals surface area contributed by atoms with E-state index >= 15 is 0 Å². The summed E-state index contributed by atoms with van der Waals surface area (Å²) in [7, 11) is 1.70. The molecule has 0 unspecified atom stereocenters. The minimum atomic E-state index is -1.04. The third-order valence-electron chi connectivity index (χ3n) is 2.94. The Bertz CT molecular complexity index is 666. The molecule has 5 nitrogen and oxygen atoms in total. The highest BCUT2D eigenvalue weighted by molar-refractivity contribution is 5.96. The number of hydrogen-bond donors (Lipinski definition) is 1. The first-order chi connectivity index (χ1) is 9.99. The Morgan fingerprint density at radius 3 is 2.57 bits per heavy atom. The SMILES string of the molecule is C[C@@H](OC(=O)c1cccn1C)C(=O)Nc1ccccc1F. The molecule has 0 saturated heterocycles. The molecule has 0 fully saturated rings. The van der Waals surface area contributed by atoms with Crippen LogP contribution in [0.1, 0.15) is 17.4 Å². The van der Waals surface area contributed by atoms with Gasteiger partial charge in [0, 0.05) is 13.2 Å². The summed E-state index contributed by atoms with van der Waals surface area (Å²) in [6.45, 7) is 1.43. The highest BCUT2D eigenvalue weighted by Crippen LogP contribution is 2.13. The highest BCUT2D eigenvalue weighted by Gasteiger charge is 2.21. The number of esters is 1. The van der Waals surface area contributed by atoms with Crippen LogP contribution in [0.25, 0.3) is 0 Å². The summed E-state index contributed by atoms with van der Waals surface area (Å²) in [6, 6.07) is 9.06. The van der Waals surface area contributed by atoms with Gasteiger partial charge in [-0.1, -0.05) is 12.1 Å². The van der Waals surface area contributed by atoms with E-state index in [2.05, 4.69) is 5.32 Å². The number of nitrogens with zero attached hydrogens (tertiary/aromatic N) is 1. The molecule has 0 aliphatic rings. The monoisotopic (exact) mass is 290 g/mol. The second kappa shape index (κ2) is 6.21. The molecule has 1 aromatic heterocycles. The Labute approximate surface area is 121 Å². The average Bonchev–Trinajstić information content (AvgIpc) is 2.87. The van der Waals surface area contributed by atoms with Gasteiger partial charge in [0.25, 0.3) is 5.91 Å². The number of para-hydroxylation sites is 1. The second-order valence-electron chi connectivity index (χ2n) is 4.52. The van der Waals surface area contributed by atoms with Gasteiger partial charge in [-0.15, -0.1) is 0 Å². The van der Waals surface area contributed by atoms with Crippen molar-refractivity contribution in [1.82, 2.24) is 4.57 Å². The van der Waals surface area contributed by atoms with Crippen LogP contribution in [-0.4, -0.2) is 22.5 Å². The van der Waals surface area contributed by atoms with E-state index in [1.807, 2.05) is 0 Å². The maximum Gasteiger partial charge on any atom is 0.355 e. The van der Waals surface area contributed by atoms with Crippen LogP contribution in [0.15, 0.2) is 42.6 Å². The van der Waals surface area contributed by atoms with E-state index < -0.39 is 23.8 Å². The first-order valence-corrected chi connectivity index (χ1v) is 6.36. The maximum atomic E-state index is 13.4. The molecule has 1 amide bonds. The van der Waals surface area contributed by atoms with Gasteiger partial charge < -0.3 is 14.6 Å². The van der Waals surface area contributed by atoms with Crippen molar-refractivity contribution in [3.8, 4) is 0 Å². The summed E-state index contributed by atoms with van der Waals surface area (Å²) in [5.74, 6) is -1.76. The van der Waals surface area contributed by atoms with Crippen molar-refractivity contribution in [3.05, 3.63) is 54.1 Å². The molecule has 1 atom stereocenters. The van der Waals surface area contributed by atoms with Gasteiger partial charge in [-0.2, -0.15) is 0 Å². The summed E-state index contributed by atoms with van der Waals surface area (Å²) < 4.78 is 20.1. The van der Waals surface area contributed by atoms with Crippen LogP contribution in [0, 0.1) is 5.82 Å². The summed E-state index contributed by atoms with van der Waals surface area (Å²) in [5, 5.41) is 2.38. The molecule has 1 N–H and O–H groups in total. The predicted octanol–water partition coefficient (Wildman–Crippen LogP) is 2.35. The van der Waals surface area contributed by atoms with E-state index in [0.717, 1.165) is 0 Å². The molecule has 0 aliphatic carbocycles.